The van der Waals surface area contributed by atoms with Crippen LogP contribution < -0.4 is 5.32 Å². The van der Waals surface area contributed by atoms with Gasteiger partial charge in [-0.25, -0.2) is 9.59 Å². The van der Waals surface area contributed by atoms with Crippen LogP contribution >= 0.6 is 0 Å². The normalized spacial score (nSPS) is 12.7. The quantitative estimate of drug-likeness (QED) is 0.907. The predicted molar refractivity (Wildman–Crippen MR) is 88.4 cm³/mol. The fraction of sp³-hybridized carbons (Fsp3) is 0.333. The third kappa shape index (κ3) is 4.71. The second-order valence-corrected chi connectivity index (χ2v) is 6.38. The molecule has 0 aliphatic rings. The summed E-state index contributed by atoms with van der Waals surface area (Å²) in [5, 5.41) is 13.8. The number of carbonyl (C=O) groups is 2. The molecule has 0 bridgehead atoms. The minimum Gasteiger partial charge on any atom is -0.480 e. The number of aliphatic carboxylic acids is 1. The molecule has 0 heterocycles. The van der Waals surface area contributed by atoms with Crippen molar-refractivity contribution in [3.63, 3.8) is 0 Å². The van der Waals surface area contributed by atoms with Crippen LogP contribution in [0.2, 0.25) is 0 Å². The Kier molecular flexibility index (Phi) is 4.89. The number of ether oxygens (including phenoxy) is 1. The highest BCUT2D eigenvalue weighted by atomic mass is 16.6. The first kappa shape index (κ1) is 16.8. The number of nitrogens with one attached hydrogen (secondary N) is 1. The van der Waals surface area contributed by atoms with Crippen LogP contribution in [0.5, 0.6) is 0 Å². The van der Waals surface area contributed by atoms with Gasteiger partial charge in [-0.05, 0) is 37.1 Å². The van der Waals surface area contributed by atoms with E-state index in [0.29, 0.717) is 0 Å². The van der Waals surface area contributed by atoms with Gasteiger partial charge in [0, 0.05) is 6.42 Å². The number of carboxylic acids is 1. The molecule has 0 aliphatic carbocycles. The molecule has 2 rings (SSSR count). The molecular weight excluding hydrogens is 294 g/mol. The number of carbonyl (C=O) groups excluding carboxylic acids is 1. The number of hydrogen-bond donors (Lipinski definition) is 2. The number of rotatable bonds is 4. The lowest BCUT2D eigenvalue weighted by Crippen LogP contribution is -2.44. The smallest absolute Gasteiger partial charge is 0.408 e. The Morgan fingerprint density at radius 2 is 1.78 bits per heavy atom. The fourth-order valence-corrected chi connectivity index (χ4v) is 2.34. The third-order valence-corrected chi connectivity index (χ3v) is 3.29. The largest absolute Gasteiger partial charge is 0.480 e. The van der Waals surface area contributed by atoms with Crippen LogP contribution in [0.25, 0.3) is 10.8 Å². The van der Waals surface area contributed by atoms with Crippen molar-refractivity contribution in [1.82, 2.24) is 5.32 Å². The first-order valence-corrected chi connectivity index (χ1v) is 7.45. The highest BCUT2D eigenvalue weighted by Crippen LogP contribution is 2.20. The number of carboxylic acid groups (broad SMARTS) is 1. The fourth-order valence-electron chi connectivity index (χ4n) is 2.34. The average molecular weight is 315 g/mol. The lowest BCUT2D eigenvalue weighted by Gasteiger charge is -2.22. The molecule has 2 aromatic rings. The van der Waals surface area contributed by atoms with E-state index in [1.54, 1.807) is 20.8 Å². The van der Waals surface area contributed by atoms with Crippen molar-refractivity contribution >= 4 is 22.8 Å². The summed E-state index contributed by atoms with van der Waals surface area (Å²) >= 11 is 0. The zero-order valence-electron chi connectivity index (χ0n) is 13.5. The molecule has 1 amide bonds. The van der Waals surface area contributed by atoms with Gasteiger partial charge in [-0.15, -0.1) is 0 Å². The summed E-state index contributed by atoms with van der Waals surface area (Å²) in [6.45, 7) is 5.19. The van der Waals surface area contributed by atoms with Crippen LogP contribution in [0, 0.1) is 0 Å². The van der Waals surface area contributed by atoms with Gasteiger partial charge >= 0.3 is 12.1 Å². The average Bonchev–Trinajstić information content (AvgIpc) is 2.44. The van der Waals surface area contributed by atoms with E-state index in [1.807, 2.05) is 42.5 Å². The minimum atomic E-state index is -1.09. The highest BCUT2D eigenvalue weighted by Gasteiger charge is 2.24. The van der Waals surface area contributed by atoms with Crippen LogP contribution in [0.4, 0.5) is 4.79 Å². The third-order valence-electron chi connectivity index (χ3n) is 3.29. The number of benzene rings is 2. The molecule has 2 N–H and O–H groups in total. The van der Waals surface area contributed by atoms with Gasteiger partial charge in [0.2, 0.25) is 0 Å². The maximum absolute atomic E-state index is 11.8. The Labute approximate surface area is 135 Å². The van der Waals surface area contributed by atoms with E-state index in [0.717, 1.165) is 16.3 Å². The van der Waals surface area contributed by atoms with Crippen LogP contribution in [-0.2, 0) is 16.0 Å². The summed E-state index contributed by atoms with van der Waals surface area (Å²) in [5.74, 6) is -1.09. The molecule has 5 nitrogen and oxygen atoms in total. The van der Waals surface area contributed by atoms with Crippen molar-refractivity contribution in [1.29, 1.82) is 0 Å². The molecule has 0 radical (unpaired) electrons. The SMILES string of the molecule is CC(C)(C)OC(=O)N[C@H](Cc1cccc2ccccc12)C(=O)O. The van der Waals surface area contributed by atoms with Gasteiger partial charge in [0.15, 0.2) is 0 Å². The molecule has 2 aromatic carbocycles. The molecule has 122 valence electrons. The Balaban J connectivity index is 2.19. The Bertz CT molecular complexity index is 713. The summed E-state index contributed by atoms with van der Waals surface area (Å²) in [6, 6.07) is 12.4. The number of fused-ring (bicyclic) bond motifs is 1. The van der Waals surface area contributed by atoms with Crippen molar-refractivity contribution in [3.8, 4) is 0 Å². The van der Waals surface area contributed by atoms with Crippen molar-refractivity contribution < 1.29 is 19.4 Å². The number of amides is 1. The standard InChI is InChI=1S/C18H21NO4/c1-18(2,3)23-17(22)19-15(16(20)21)11-13-9-6-8-12-7-4-5-10-14(12)13/h4-10,15H,11H2,1-3H3,(H,19,22)(H,20,21)/t15-/m1/s1. The van der Waals surface area contributed by atoms with Crippen molar-refractivity contribution in [3.05, 3.63) is 48.0 Å². The van der Waals surface area contributed by atoms with E-state index >= 15 is 0 Å². The minimum absolute atomic E-state index is 0.190. The second kappa shape index (κ2) is 6.69. The lowest BCUT2D eigenvalue weighted by atomic mass is 9.99. The highest BCUT2D eigenvalue weighted by molar-refractivity contribution is 5.87. The van der Waals surface area contributed by atoms with Crippen molar-refractivity contribution in [2.45, 2.75) is 38.8 Å². The molecule has 0 saturated carbocycles. The lowest BCUT2D eigenvalue weighted by molar-refractivity contribution is -0.139. The van der Waals surface area contributed by atoms with E-state index < -0.39 is 23.7 Å². The molecule has 0 aliphatic heterocycles. The van der Waals surface area contributed by atoms with E-state index in [2.05, 4.69) is 5.32 Å². The molecule has 23 heavy (non-hydrogen) atoms. The summed E-state index contributed by atoms with van der Waals surface area (Å²) in [7, 11) is 0. The molecular formula is C18H21NO4. The Morgan fingerprint density at radius 3 is 2.43 bits per heavy atom. The first-order valence-electron chi connectivity index (χ1n) is 7.45. The van der Waals surface area contributed by atoms with Gasteiger partial charge in [0.1, 0.15) is 11.6 Å². The maximum atomic E-state index is 11.8. The van der Waals surface area contributed by atoms with Crippen molar-refractivity contribution in [2.24, 2.45) is 0 Å². The van der Waals surface area contributed by atoms with Gasteiger partial charge in [-0.1, -0.05) is 42.5 Å². The van der Waals surface area contributed by atoms with E-state index in [1.165, 1.54) is 0 Å². The van der Waals surface area contributed by atoms with Gasteiger partial charge in [0.25, 0.3) is 0 Å². The van der Waals surface area contributed by atoms with E-state index in [-0.39, 0.29) is 6.42 Å². The van der Waals surface area contributed by atoms with Gasteiger partial charge in [-0.2, -0.15) is 0 Å². The zero-order valence-corrected chi connectivity index (χ0v) is 13.5. The molecule has 0 fully saturated rings. The predicted octanol–water partition coefficient (Wildman–Crippen LogP) is 3.36. The van der Waals surface area contributed by atoms with Crippen LogP contribution in [0.1, 0.15) is 26.3 Å². The number of alkyl carbamates (subject to hydrolysis) is 1. The zero-order chi connectivity index (χ0) is 17.0. The molecule has 0 unspecified atom stereocenters. The van der Waals surface area contributed by atoms with Crippen LogP contribution in [0.3, 0.4) is 0 Å². The van der Waals surface area contributed by atoms with Crippen LogP contribution in [-0.4, -0.2) is 28.8 Å². The topological polar surface area (TPSA) is 75.6 Å². The van der Waals surface area contributed by atoms with Gasteiger partial charge < -0.3 is 15.2 Å². The monoisotopic (exact) mass is 315 g/mol. The Morgan fingerprint density at radius 1 is 1.13 bits per heavy atom. The molecule has 0 saturated heterocycles. The van der Waals surface area contributed by atoms with Crippen molar-refractivity contribution in [2.75, 3.05) is 0 Å². The molecule has 0 aromatic heterocycles. The number of hydrogen-bond acceptors (Lipinski definition) is 3. The molecule has 0 spiro atoms. The maximum Gasteiger partial charge on any atom is 0.408 e. The summed E-state index contributed by atoms with van der Waals surface area (Å²) in [5.41, 5.74) is 0.193. The van der Waals surface area contributed by atoms with Crippen LogP contribution in [0.15, 0.2) is 42.5 Å². The molecule has 1 atom stereocenters. The summed E-state index contributed by atoms with van der Waals surface area (Å²) < 4.78 is 5.13. The van der Waals surface area contributed by atoms with Gasteiger partial charge in [-0.3, -0.25) is 0 Å². The Hall–Kier alpha value is -2.56. The second-order valence-electron chi connectivity index (χ2n) is 6.38. The van der Waals surface area contributed by atoms with E-state index in [9.17, 15) is 14.7 Å². The first-order chi connectivity index (χ1) is 10.8. The summed E-state index contributed by atoms with van der Waals surface area (Å²) in [6.07, 6.45) is -0.541. The molecule has 5 heteroatoms. The van der Waals surface area contributed by atoms with E-state index in [4.69, 9.17) is 4.74 Å². The summed E-state index contributed by atoms with van der Waals surface area (Å²) in [4.78, 5) is 23.3. The van der Waals surface area contributed by atoms with Gasteiger partial charge in [0.05, 0.1) is 0 Å².